The Morgan fingerprint density at radius 1 is 1.26 bits per heavy atom. The first-order chi connectivity index (χ1) is 18.8. The molecule has 0 aliphatic carbocycles. The van der Waals surface area contributed by atoms with Gasteiger partial charge >= 0.3 is 0 Å². The molecule has 2 aromatic heterocycles. The zero-order valence-corrected chi connectivity index (χ0v) is 21.7. The van der Waals surface area contributed by atoms with Crippen molar-refractivity contribution in [3.8, 4) is 17.6 Å². The molecule has 1 amide bonds. The van der Waals surface area contributed by atoms with Crippen molar-refractivity contribution in [2.24, 2.45) is 5.92 Å². The number of likely N-dealkylation sites (tertiary alicyclic amines) is 1. The number of benzene rings is 1. The van der Waals surface area contributed by atoms with Crippen LogP contribution in [0, 0.1) is 17.2 Å². The number of rotatable bonds is 6. The minimum absolute atomic E-state index is 0.104. The SMILES string of the molecule is N#Cc1cc2c(cc1Sc1nc3c(N)ncnc3n1CCC1CCN(C(=O)[C@@H]3CC(F)(F)CN3)CC1)OCO2. The number of nitrogen functional groups attached to an aromatic ring is 1. The Bertz CT molecular complexity index is 1470. The fourth-order valence-electron chi connectivity index (χ4n) is 5.27. The molecule has 3 N–H and O–H groups in total. The number of hydrogen-bond donors (Lipinski definition) is 2. The molecule has 6 rings (SSSR count). The molecular weight excluding hydrogens is 530 g/mol. The summed E-state index contributed by atoms with van der Waals surface area (Å²) < 4.78 is 40.0. The molecule has 0 saturated carbocycles. The quantitative estimate of drug-likeness (QED) is 0.465. The number of carbonyl (C=O) groups excluding carboxylic acids is 1. The lowest BCUT2D eigenvalue weighted by molar-refractivity contribution is -0.135. The predicted molar refractivity (Wildman–Crippen MR) is 136 cm³/mol. The van der Waals surface area contributed by atoms with Gasteiger partial charge in [0.2, 0.25) is 12.7 Å². The van der Waals surface area contributed by atoms with Crippen LogP contribution >= 0.6 is 11.8 Å². The Morgan fingerprint density at radius 2 is 2.03 bits per heavy atom. The highest BCUT2D eigenvalue weighted by Gasteiger charge is 2.43. The van der Waals surface area contributed by atoms with E-state index < -0.39 is 24.9 Å². The van der Waals surface area contributed by atoms with Gasteiger partial charge in [-0.15, -0.1) is 0 Å². The van der Waals surface area contributed by atoms with Gasteiger partial charge in [-0.2, -0.15) is 5.26 Å². The van der Waals surface area contributed by atoms with E-state index in [0.717, 1.165) is 19.3 Å². The second-order valence-corrected chi connectivity index (χ2v) is 11.0. The van der Waals surface area contributed by atoms with Crippen LogP contribution in [-0.4, -0.2) is 68.7 Å². The van der Waals surface area contributed by atoms with Gasteiger partial charge in [0.15, 0.2) is 33.6 Å². The molecule has 39 heavy (non-hydrogen) atoms. The summed E-state index contributed by atoms with van der Waals surface area (Å²) in [5.41, 5.74) is 7.63. The fraction of sp³-hybridized carbons (Fsp3) is 0.480. The molecule has 0 spiro atoms. The monoisotopic (exact) mass is 556 g/mol. The minimum Gasteiger partial charge on any atom is -0.454 e. The van der Waals surface area contributed by atoms with Gasteiger partial charge in [0, 0.05) is 37.0 Å². The number of imidazole rings is 1. The summed E-state index contributed by atoms with van der Waals surface area (Å²) in [6.07, 6.45) is 3.32. The minimum atomic E-state index is -2.83. The first kappa shape index (κ1) is 25.6. The molecule has 3 aliphatic rings. The van der Waals surface area contributed by atoms with Crippen LogP contribution in [0.5, 0.6) is 11.5 Å². The van der Waals surface area contributed by atoms with E-state index in [1.165, 1.54) is 18.1 Å². The summed E-state index contributed by atoms with van der Waals surface area (Å²) in [5, 5.41) is 13.0. The van der Waals surface area contributed by atoms with Crippen molar-refractivity contribution in [3.05, 3.63) is 24.0 Å². The number of fused-ring (bicyclic) bond motifs is 2. The molecule has 11 nitrogen and oxygen atoms in total. The van der Waals surface area contributed by atoms with Crippen LogP contribution in [0.2, 0.25) is 0 Å². The number of ether oxygens (including phenoxy) is 2. The Morgan fingerprint density at radius 3 is 2.74 bits per heavy atom. The van der Waals surface area contributed by atoms with Gasteiger partial charge in [-0.25, -0.2) is 23.7 Å². The molecule has 0 bridgehead atoms. The summed E-state index contributed by atoms with van der Waals surface area (Å²) >= 11 is 1.32. The topological polar surface area (TPSA) is 144 Å². The Hall–Kier alpha value is -3.70. The molecule has 0 radical (unpaired) electrons. The Labute approximate surface area is 226 Å². The third kappa shape index (κ3) is 5.04. The maximum atomic E-state index is 13.5. The van der Waals surface area contributed by atoms with Gasteiger partial charge in [0.1, 0.15) is 12.4 Å². The highest BCUT2D eigenvalue weighted by molar-refractivity contribution is 7.99. The van der Waals surface area contributed by atoms with E-state index in [1.807, 2.05) is 4.57 Å². The van der Waals surface area contributed by atoms with Gasteiger partial charge in [0.25, 0.3) is 5.92 Å². The molecule has 0 unspecified atom stereocenters. The third-order valence-corrected chi connectivity index (χ3v) is 8.47. The number of aryl methyl sites for hydroxylation is 1. The van der Waals surface area contributed by atoms with E-state index in [9.17, 15) is 18.8 Å². The zero-order chi connectivity index (χ0) is 27.1. The lowest BCUT2D eigenvalue weighted by Gasteiger charge is -2.33. The number of nitrogens with one attached hydrogen (secondary N) is 1. The zero-order valence-electron chi connectivity index (χ0n) is 20.9. The number of halogens is 2. The van der Waals surface area contributed by atoms with E-state index in [2.05, 4.69) is 21.4 Å². The van der Waals surface area contributed by atoms with Gasteiger partial charge in [-0.1, -0.05) is 11.8 Å². The third-order valence-electron chi connectivity index (χ3n) is 7.42. The van der Waals surface area contributed by atoms with Gasteiger partial charge in [0.05, 0.1) is 18.2 Å². The lowest BCUT2D eigenvalue weighted by Crippen LogP contribution is -2.47. The summed E-state index contributed by atoms with van der Waals surface area (Å²) in [4.78, 5) is 28.3. The van der Waals surface area contributed by atoms with Crippen LogP contribution in [-0.2, 0) is 11.3 Å². The normalized spacial score (nSPS) is 20.4. The van der Waals surface area contributed by atoms with Crippen molar-refractivity contribution in [2.75, 3.05) is 32.2 Å². The summed E-state index contributed by atoms with van der Waals surface area (Å²) in [6, 6.07) is 4.82. The predicted octanol–water partition coefficient (Wildman–Crippen LogP) is 2.79. The van der Waals surface area contributed by atoms with Crippen molar-refractivity contribution in [2.45, 2.75) is 54.2 Å². The first-order valence-corrected chi connectivity index (χ1v) is 13.5. The number of amides is 1. The maximum absolute atomic E-state index is 13.5. The fourth-order valence-corrected chi connectivity index (χ4v) is 6.27. The van der Waals surface area contributed by atoms with E-state index in [1.54, 1.807) is 17.0 Å². The average molecular weight is 557 g/mol. The smallest absolute Gasteiger partial charge is 0.262 e. The lowest BCUT2D eigenvalue weighted by atomic mass is 9.93. The summed E-state index contributed by atoms with van der Waals surface area (Å²) in [7, 11) is 0. The number of nitrogens with two attached hydrogens (primary N) is 1. The number of nitrogens with zero attached hydrogens (tertiary/aromatic N) is 6. The van der Waals surface area contributed by atoms with Crippen LogP contribution in [0.4, 0.5) is 14.6 Å². The van der Waals surface area contributed by atoms with E-state index in [-0.39, 0.29) is 18.5 Å². The molecular formula is C25H26F2N8O3S. The van der Waals surface area contributed by atoms with Crippen LogP contribution in [0.1, 0.15) is 31.2 Å². The summed E-state index contributed by atoms with van der Waals surface area (Å²) in [6.45, 7) is 1.33. The van der Waals surface area contributed by atoms with Crippen molar-refractivity contribution in [1.29, 1.82) is 5.26 Å². The largest absolute Gasteiger partial charge is 0.454 e. The number of alkyl halides is 2. The highest BCUT2D eigenvalue weighted by atomic mass is 32.2. The van der Waals surface area contributed by atoms with Crippen LogP contribution < -0.4 is 20.5 Å². The number of anilines is 1. The van der Waals surface area contributed by atoms with Gasteiger partial charge in [-0.05, 0) is 31.2 Å². The number of hydrogen-bond acceptors (Lipinski definition) is 10. The highest BCUT2D eigenvalue weighted by Crippen LogP contribution is 2.41. The molecule has 2 saturated heterocycles. The molecule has 1 aromatic carbocycles. The molecule has 3 aromatic rings. The van der Waals surface area contributed by atoms with Crippen molar-refractivity contribution < 1.29 is 23.0 Å². The van der Waals surface area contributed by atoms with Crippen molar-refractivity contribution >= 4 is 34.7 Å². The molecule has 1 atom stereocenters. The Kier molecular flexibility index (Phi) is 6.64. The number of carbonyl (C=O) groups is 1. The van der Waals surface area contributed by atoms with Crippen LogP contribution in [0.3, 0.4) is 0 Å². The molecule has 2 fully saturated rings. The average Bonchev–Trinajstić information content (AvgIpc) is 3.64. The van der Waals surface area contributed by atoms with Gasteiger partial charge < -0.3 is 24.7 Å². The molecule has 5 heterocycles. The van der Waals surface area contributed by atoms with E-state index >= 15 is 0 Å². The van der Waals surface area contributed by atoms with Crippen LogP contribution in [0.25, 0.3) is 11.2 Å². The maximum Gasteiger partial charge on any atom is 0.262 e. The van der Waals surface area contributed by atoms with E-state index in [0.29, 0.717) is 63.8 Å². The Balaban J connectivity index is 1.16. The second kappa shape index (κ2) is 10.1. The number of nitriles is 1. The van der Waals surface area contributed by atoms with E-state index in [4.69, 9.17) is 20.2 Å². The number of piperidine rings is 1. The molecule has 204 valence electrons. The molecule has 3 aliphatic heterocycles. The second-order valence-electron chi connectivity index (χ2n) is 9.94. The van der Waals surface area contributed by atoms with Crippen molar-refractivity contribution in [3.63, 3.8) is 0 Å². The van der Waals surface area contributed by atoms with Gasteiger partial charge in [-0.3, -0.25) is 10.1 Å². The standard InChI is InChI=1S/C25H26F2N8O3S/c26-25(27)9-16(30-11-25)23(36)34-4-1-14(2-5-34)3-6-35-22-20(21(29)31-12-32-22)33-24(35)39-19-8-18-17(37-13-38-18)7-15(19)10-28/h7-8,12,14,16,30H,1-6,9,11,13H2,(H2,29,31,32)/t16-/m0/s1. The van der Waals surface area contributed by atoms with Crippen LogP contribution in [0.15, 0.2) is 28.5 Å². The summed E-state index contributed by atoms with van der Waals surface area (Å²) in [5.74, 6) is -1.37. The molecule has 14 heteroatoms. The van der Waals surface area contributed by atoms with Crippen molar-refractivity contribution in [1.82, 2.24) is 29.7 Å². The number of aromatic nitrogens is 4. The first-order valence-electron chi connectivity index (χ1n) is 12.7.